The SMILES string of the molecule is CCS(=O)(=O)CCn1ccc(CN)n1. The maximum Gasteiger partial charge on any atom is 0.151 e. The largest absolute Gasteiger partial charge is 0.325 e. The van der Waals surface area contributed by atoms with Crippen molar-refractivity contribution in [1.82, 2.24) is 9.78 Å². The van der Waals surface area contributed by atoms with Crippen LogP contribution in [0.15, 0.2) is 12.3 Å². The summed E-state index contributed by atoms with van der Waals surface area (Å²) in [7, 11) is -2.91. The minimum Gasteiger partial charge on any atom is -0.325 e. The lowest BCUT2D eigenvalue weighted by Gasteiger charge is -2.01. The van der Waals surface area contributed by atoms with Crippen LogP contribution in [0, 0.1) is 0 Å². The summed E-state index contributed by atoms with van der Waals surface area (Å²) in [6.07, 6.45) is 1.74. The Bertz CT molecular complexity index is 383. The summed E-state index contributed by atoms with van der Waals surface area (Å²) in [5.74, 6) is 0.313. The van der Waals surface area contributed by atoms with E-state index in [1.165, 1.54) is 0 Å². The molecular weight excluding hydrogens is 202 g/mol. The number of aromatic nitrogens is 2. The standard InChI is InChI=1S/C8H15N3O2S/c1-2-14(12,13)6-5-11-4-3-8(7-9)10-11/h3-4H,2,5-7,9H2,1H3. The highest BCUT2D eigenvalue weighted by Crippen LogP contribution is 1.96. The first-order valence-corrected chi connectivity index (χ1v) is 6.32. The van der Waals surface area contributed by atoms with Gasteiger partial charge in [0.1, 0.15) is 0 Å². The molecule has 0 aliphatic heterocycles. The normalized spacial score (nSPS) is 11.9. The van der Waals surface area contributed by atoms with Gasteiger partial charge in [0.2, 0.25) is 0 Å². The number of sulfone groups is 1. The molecule has 0 saturated heterocycles. The van der Waals surface area contributed by atoms with E-state index in [0.717, 1.165) is 5.69 Å². The lowest BCUT2D eigenvalue weighted by atomic mass is 10.4. The first kappa shape index (κ1) is 11.2. The second kappa shape index (κ2) is 4.56. The van der Waals surface area contributed by atoms with Crippen LogP contribution < -0.4 is 5.73 Å². The molecule has 0 amide bonds. The third kappa shape index (κ3) is 3.12. The highest BCUT2D eigenvalue weighted by Gasteiger charge is 2.07. The Hall–Kier alpha value is -0.880. The van der Waals surface area contributed by atoms with E-state index in [9.17, 15) is 8.42 Å². The number of aryl methyl sites for hydroxylation is 1. The number of hydrogen-bond acceptors (Lipinski definition) is 4. The van der Waals surface area contributed by atoms with Crippen molar-refractivity contribution in [2.75, 3.05) is 11.5 Å². The molecular formula is C8H15N3O2S. The third-order valence-electron chi connectivity index (χ3n) is 1.98. The maximum atomic E-state index is 11.2. The van der Waals surface area contributed by atoms with Crippen LogP contribution in [-0.2, 0) is 22.9 Å². The highest BCUT2D eigenvalue weighted by atomic mass is 32.2. The zero-order valence-electron chi connectivity index (χ0n) is 8.18. The summed E-state index contributed by atoms with van der Waals surface area (Å²) < 4.78 is 24.0. The van der Waals surface area contributed by atoms with E-state index in [2.05, 4.69) is 5.10 Å². The van der Waals surface area contributed by atoms with Crippen molar-refractivity contribution in [2.45, 2.75) is 20.0 Å². The predicted molar refractivity (Wildman–Crippen MR) is 54.4 cm³/mol. The summed E-state index contributed by atoms with van der Waals surface area (Å²) in [6, 6.07) is 1.79. The second-order valence-electron chi connectivity index (χ2n) is 3.01. The summed E-state index contributed by atoms with van der Waals surface area (Å²) >= 11 is 0. The van der Waals surface area contributed by atoms with E-state index in [1.54, 1.807) is 23.9 Å². The molecule has 1 aromatic rings. The zero-order valence-corrected chi connectivity index (χ0v) is 9.00. The van der Waals surface area contributed by atoms with Gasteiger partial charge in [-0.25, -0.2) is 8.42 Å². The first-order valence-electron chi connectivity index (χ1n) is 4.50. The van der Waals surface area contributed by atoms with Gasteiger partial charge in [-0.1, -0.05) is 6.92 Å². The summed E-state index contributed by atoms with van der Waals surface area (Å²) in [5, 5.41) is 4.09. The lowest BCUT2D eigenvalue weighted by molar-refractivity contribution is 0.580. The molecule has 5 nitrogen and oxygen atoms in total. The van der Waals surface area contributed by atoms with Crippen molar-refractivity contribution in [3.63, 3.8) is 0 Å². The van der Waals surface area contributed by atoms with Crippen molar-refractivity contribution in [3.05, 3.63) is 18.0 Å². The summed E-state index contributed by atoms with van der Waals surface area (Å²) in [6.45, 7) is 2.42. The van der Waals surface area contributed by atoms with Gasteiger partial charge in [-0.2, -0.15) is 5.10 Å². The number of rotatable bonds is 5. The second-order valence-corrected chi connectivity index (χ2v) is 5.48. The minimum atomic E-state index is -2.91. The average molecular weight is 217 g/mol. The molecule has 0 spiro atoms. The van der Waals surface area contributed by atoms with Crippen molar-refractivity contribution < 1.29 is 8.42 Å². The molecule has 0 atom stereocenters. The van der Waals surface area contributed by atoms with Crippen LogP contribution in [0.25, 0.3) is 0 Å². The monoisotopic (exact) mass is 217 g/mol. The molecule has 0 aromatic carbocycles. The molecule has 0 saturated carbocycles. The van der Waals surface area contributed by atoms with Gasteiger partial charge in [0, 0.05) is 18.5 Å². The van der Waals surface area contributed by atoms with Crippen molar-refractivity contribution in [2.24, 2.45) is 5.73 Å². The maximum absolute atomic E-state index is 11.2. The molecule has 0 bridgehead atoms. The van der Waals surface area contributed by atoms with Gasteiger partial charge >= 0.3 is 0 Å². The van der Waals surface area contributed by atoms with Gasteiger partial charge in [-0.15, -0.1) is 0 Å². The van der Waals surface area contributed by atoms with Gasteiger partial charge in [0.05, 0.1) is 18.0 Å². The Morgan fingerprint density at radius 1 is 1.57 bits per heavy atom. The fourth-order valence-electron chi connectivity index (χ4n) is 1.01. The zero-order chi connectivity index (χ0) is 10.6. The van der Waals surface area contributed by atoms with Crippen LogP contribution in [0.2, 0.25) is 0 Å². The fraction of sp³-hybridized carbons (Fsp3) is 0.625. The molecule has 0 aliphatic rings. The van der Waals surface area contributed by atoms with E-state index < -0.39 is 9.84 Å². The molecule has 6 heteroatoms. The van der Waals surface area contributed by atoms with E-state index in [1.807, 2.05) is 0 Å². The topological polar surface area (TPSA) is 78.0 Å². The van der Waals surface area contributed by atoms with Gasteiger partial charge in [-0.3, -0.25) is 4.68 Å². The van der Waals surface area contributed by atoms with Gasteiger partial charge < -0.3 is 5.73 Å². The first-order chi connectivity index (χ1) is 6.57. The third-order valence-corrected chi connectivity index (χ3v) is 3.66. The molecule has 1 rings (SSSR count). The van der Waals surface area contributed by atoms with Crippen LogP contribution in [-0.4, -0.2) is 29.7 Å². The molecule has 1 heterocycles. The molecule has 2 N–H and O–H groups in total. The van der Waals surface area contributed by atoms with Crippen LogP contribution in [0.1, 0.15) is 12.6 Å². The number of hydrogen-bond donors (Lipinski definition) is 1. The fourth-order valence-corrected chi connectivity index (χ4v) is 1.77. The smallest absolute Gasteiger partial charge is 0.151 e. The van der Waals surface area contributed by atoms with Gasteiger partial charge in [-0.05, 0) is 6.07 Å². The Morgan fingerprint density at radius 3 is 2.79 bits per heavy atom. The van der Waals surface area contributed by atoms with Crippen LogP contribution in [0.3, 0.4) is 0 Å². The van der Waals surface area contributed by atoms with E-state index >= 15 is 0 Å². The number of nitrogens with two attached hydrogens (primary N) is 1. The predicted octanol–water partition coefficient (Wildman–Crippen LogP) is -0.224. The van der Waals surface area contributed by atoms with Crippen molar-refractivity contribution in [1.29, 1.82) is 0 Å². The van der Waals surface area contributed by atoms with Gasteiger partial charge in [0.25, 0.3) is 0 Å². The number of nitrogens with zero attached hydrogens (tertiary/aromatic N) is 2. The highest BCUT2D eigenvalue weighted by molar-refractivity contribution is 7.91. The van der Waals surface area contributed by atoms with Crippen molar-refractivity contribution in [3.8, 4) is 0 Å². The molecule has 0 unspecified atom stereocenters. The molecule has 14 heavy (non-hydrogen) atoms. The minimum absolute atomic E-state index is 0.134. The molecule has 0 aliphatic carbocycles. The molecule has 0 fully saturated rings. The van der Waals surface area contributed by atoms with E-state index in [4.69, 9.17) is 5.73 Å². The Labute approximate surface area is 83.8 Å². The molecule has 80 valence electrons. The van der Waals surface area contributed by atoms with Crippen LogP contribution in [0.5, 0.6) is 0 Å². The van der Waals surface area contributed by atoms with E-state index in [-0.39, 0.29) is 11.5 Å². The van der Waals surface area contributed by atoms with Crippen LogP contribution in [0.4, 0.5) is 0 Å². The average Bonchev–Trinajstić information content (AvgIpc) is 2.63. The summed E-state index contributed by atoms with van der Waals surface area (Å²) in [5.41, 5.74) is 6.15. The Morgan fingerprint density at radius 2 is 2.29 bits per heavy atom. The Kier molecular flexibility index (Phi) is 3.65. The molecule has 0 radical (unpaired) electrons. The van der Waals surface area contributed by atoms with Gasteiger partial charge in [0.15, 0.2) is 9.84 Å². The Balaban J connectivity index is 2.54. The quantitative estimate of drug-likeness (QED) is 0.739. The molecule has 1 aromatic heterocycles. The van der Waals surface area contributed by atoms with Crippen molar-refractivity contribution >= 4 is 9.84 Å². The summed E-state index contributed by atoms with van der Waals surface area (Å²) in [4.78, 5) is 0. The van der Waals surface area contributed by atoms with E-state index in [0.29, 0.717) is 13.1 Å². The van der Waals surface area contributed by atoms with Crippen LogP contribution >= 0.6 is 0 Å². The lowest BCUT2D eigenvalue weighted by Crippen LogP contribution is -2.15.